The molecule has 19 heavy (non-hydrogen) atoms. The van der Waals surface area contributed by atoms with E-state index in [0.717, 1.165) is 22.7 Å². The third kappa shape index (κ3) is 1.91. The molecule has 0 aliphatic rings. The van der Waals surface area contributed by atoms with Gasteiger partial charge in [0.2, 0.25) is 5.95 Å². The predicted molar refractivity (Wildman–Crippen MR) is 73.1 cm³/mol. The minimum atomic E-state index is 0.675. The predicted octanol–water partition coefficient (Wildman–Crippen LogP) is 1.56. The summed E-state index contributed by atoms with van der Waals surface area (Å²) in [6.07, 6.45) is 3.54. The fraction of sp³-hybridized carbons (Fsp3) is 0.231. The van der Waals surface area contributed by atoms with Gasteiger partial charge in [0.15, 0.2) is 11.5 Å². The molecule has 3 aromatic heterocycles. The normalized spacial score (nSPS) is 10.9. The molecule has 0 aliphatic carbocycles. The molecule has 0 N–H and O–H groups in total. The maximum atomic E-state index is 4.30. The average Bonchev–Trinajstić information content (AvgIpc) is 2.84. The van der Waals surface area contributed by atoms with Crippen LogP contribution in [0.25, 0.3) is 17.0 Å². The molecule has 0 spiro atoms. The number of nitrogens with zero attached hydrogens (tertiary/aromatic N) is 6. The van der Waals surface area contributed by atoms with Crippen LogP contribution in [-0.2, 0) is 0 Å². The molecule has 0 amide bonds. The molecule has 6 heteroatoms. The van der Waals surface area contributed by atoms with Gasteiger partial charge in [0, 0.05) is 32.2 Å². The summed E-state index contributed by atoms with van der Waals surface area (Å²) in [7, 11) is 3.82. The van der Waals surface area contributed by atoms with Crippen molar-refractivity contribution < 1.29 is 0 Å². The van der Waals surface area contributed by atoms with Gasteiger partial charge in [-0.1, -0.05) is 6.07 Å². The maximum absolute atomic E-state index is 4.30. The van der Waals surface area contributed by atoms with Crippen LogP contribution in [0.4, 0.5) is 5.95 Å². The quantitative estimate of drug-likeness (QED) is 0.694. The van der Waals surface area contributed by atoms with Crippen LogP contribution in [0.1, 0.15) is 5.69 Å². The molecule has 0 radical (unpaired) electrons. The smallest absolute Gasteiger partial charge is 0.224 e. The summed E-state index contributed by atoms with van der Waals surface area (Å²) >= 11 is 0. The molecule has 96 valence electrons. The number of fused-ring (bicyclic) bond motifs is 1. The largest absolute Gasteiger partial charge is 0.347 e. The van der Waals surface area contributed by atoms with Crippen LogP contribution < -0.4 is 4.90 Å². The number of anilines is 1. The summed E-state index contributed by atoms with van der Waals surface area (Å²) in [5.74, 6) is 1.44. The number of rotatable bonds is 2. The first-order valence-corrected chi connectivity index (χ1v) is 5.97. The summed E-state index contributed by atoms with van der Waals surface area (Å²) in [4.78, 5) is 10.5. The Morgan fingerprint density at radius 1 is 1.05 bits per heavy atom. The Hall–Kier alpha value is -2.50. The SMILES string of the molecule is Cc1cccc2nnc(-c3cnc(N(C)C)nc3)n12. The van der Waals surface area contributed by atoms with E-state index >= 15 is 0 Å². The molecule has 3 aromatic rings. The van der Waals surface area contributed by atoms with Crippen LogP contribution in [0, 0.1) is 6.92 Å². The molecule has 0 atom stereocenters. The van der Waals surface area contributed by atoms with Gasteiger partial charge in [0.25, 0.3) is 0 Å². The topological polar surface area (TPSA) is 59.2 Å². The Balaban J connectivity index is 2.14. The molecule has 0 unspecified atom stereocenters. The highest BCUT2D eigenvalue weighted by atomic mass is 15.3. The number of aromatic nitrogens is 5. The maximum Gasteiger partial charge on any atom is 0.224 e. The van der Waals surface area contributed by atoms with Gasteiger partial charge in [-0.05, 0) is 19.1 Å². The Morgan fingerprint density at radius 3 is 2.47 bits per heavy atom. The van der Waals surface area contributed by atoms with Crippen molar-refractivity contribution in [2.45, 2.75) is 6.92 Å². The molecule has 3 rings (SSSR count). The van der Waals surface area contributed by atoms with Gasteiger partial charge in [-0.3, -0.25) is 4.40 Å². The summed E-state index contributed by atoms with van der Waals surface area (Å²) in [6, 6.07) is 5.92. The fourth-order valence-corrected chi connectivity index (χ4v) is 1.95. The van der Waals surface area contributed by atoms with Gasteiger partial charge >= 0.3 is 0 Å². The molecule has 0 fully saturated rings. The zero-order valence-corrected chi connectivity index (χ0v) is 11.1. The zero-order chi connectivity index (χ0) is 13.4. The van der Waals surface area contributed by atoms with Gasteiger partial charge in [0.1, 0.15) is 0 Å². The Morgan fingerprint density at radius 2 is 1.79 bits per heavy atom. The molecule has 6 nitrogen and oxygen atoms in total. The van der Waals surface area contributed by atoms with E-state index in [0.29, 0.717) is 5.95 Å². The van der Waals surface area contributed by atoms with Crippen molar-refractivity contribution in [2.24, 2.45) is 0 Å². The van der Waals surface area contributed by atoms with Crippen molar-refractivity contribution in [3.8, 4) is 11.4 Å². The highest BCUT2D eigenvalue weighted by Gasteiger charge is 2.10. The first-order chi connectivity index (χ1) is 9.16. The standard InChI is InChI=1S/C13H14N6/c1-9-5-4-6-11-16-17-12(19(9)11)10-7-14-13(15-8-10)18(2)3/h4-8H,1-3H3. The zero-order valence-electron chi connectivity index (χ0n) is 11.1. The van der Waals surface area contributed by atoms with Crippen LogP contribution in [0.15, 0.2) is 30.6 Å². The van der Waals surface area contributed by atoms with Crippen molar-refractivity contribution in [1.29, 1.82) is 0 Å². The Labute approximate surface area is 110 Å². The lowest BCUT2D eigenvalue weighted by Crippen LogP contribution is -2.12. The highest BCUT2D eigenvalue weighted by Crippen LogP contribution is 2.19. The van der Waals surface area contributed by atoms with Gasteiger partial charge in [0.05, 0.1) is 5.56 Å². The van der Waals surface area contributed by atoms with Crippen molar-refractivity contribution in [3.63, 3.8) is 0 Å². The van der Waals surface area contributed by atoms with E-state index in [1.54, 1.807) is 12.4 Å². The van der Waals surface area contributed by atoms with E-state index in [9.17, 15) is 0 Å². The third-order valence-corrected chi connectivity index (χ3v) is 2.92. The second-order valence-corrected chi connectivity index (χ2v) is 4.55. The van der Waals surface area contributed by atoms with E-state index in [-0.39, 0.29) is 0 Å². The molecule has 0 aromatic carbocycles. The van der Waals surface area contributed by atoms with Gasteiger partial charge in [-0.15, -0.1) is 10.2 Å². The van der Waals surface area contributed by atoms with Crippen molar-refractivity contribution in [1.82, 2.24) is 24.6 Å². The Bertz CT molecular complexity index is 714. The molecule has 0 saturated carbocycles. The van der Waals surface area contributed by atoms with Crippen molar-refractivity contribution in [2.75, 3.05) is 19.0 Å². The molecular formula is C13H14N6. The summed E-state index contributed by atoms with van der Waals surface area (Å²) < 4.78 is 1.99. The first kappa shape index (κ1) is 11.6. The Kier molecular flexibility index (Phi) is 2.63. The van der Waals surface area contributed by atoms with E-state index < -0.39 is 0 Å². The van der Waals surface area contributed by atoms with Crippen LogP contribution in [-0.4, -0.2) is 38.7 Å². The second kappa shape index (κ2) is 4.31. The van der Waals surface area contributed by atoms with Gasteiger partial charge < -0.3 is 4.90 Å². The summed E-state index contributed by atoms with van der Waals surface area (Å²) in [5.41, 5.74) is 2.76. The molecule has 0 bridgehead atoms. The number of aryl methyl sites for hydroxylation is 1. The van der Waals surface area contributed by atoms with Crippen LogP contribution in [0.5, 0.6) is 0 Å². The number of hydrogen-bond donors (Lipinski definition) is 0. The molecule has 3 heterocycles. The average molecular weight is 254 g/mol. The summed E-state index contributed by atoms with van der Waals surface area (Å²) in [6.45, 7) is 2.02. The van der Waals surface area contributed by atoms with Gasteiger partial charge in [-0.2, -0.15) is 0 Å². The van der Waals surface area contributed by atoms with Crippen molar-refractivity contribution >= 4 is 11.6 Å². The highest BCUT2D eigenvalue weighted by molar-refractivity contribution is 5.58. The first-order valence-electron chi connectivity index (χ1n) is 5.97. The lowest BCUT2D eigenvalue weighted by atomic mass is 10.3. The molecule has 0 saturated heterocycles. The summed E-state index contributed by atoms with van der Waals surface area (Å²) in [5, 5.41) is 8.38. The van der Waals surface area contributed by atoms with E-state index in [1.165, 1.54) is 0 Å². The lowest BCUT2D eigenvalue weighted by Gasteiger charge is -2.09. The van der Waals surface area contributed by atoms with E-state index in [2.05, 4.69) is 20.2 Å². The molecular weight excluding hydrogens is 240 g/mol. The van der Waals surface area contributed by atoms with E-state index in [4.69, 9.17) is 0 Å². The monoisotopic (exact) mass is 254 g/mol. The molecule has 0 aliphatic heterocycles. The number of pyridine rings is 1. The number of hydrogen-bond acceptors (Lipinski definition) is 5. The minimum Gasteiger partial charge on any atom is -0.347 e. The van der Waals surface area contributed by atoms with Gasteiger partial charge in [-0.25, -0.2) is 9.97 Å². The minimum absolute atomic E-state index is 0.675. The van der Waals surface area contributed by atoms with Crippen molar-refractivity contribution in [3.05, 3.63) is 36.3 Å². The third-order valence-electron chi connectivity index (χ3n) is 2.92. The van der Waals surface area contributed by atoms with Crippen LogP contribution in [0.3, 0.4) is 0 Å². The fourth-order valence-electron chi connectivity index (χ4n) is 1.95. The van der Waals surface area contributed by atoms with E-state index in [1.807, 2.05) is 48.5 Å². The lowest BCUT2D eigenvalue weighted by molar-refractivity contribution is 0.990. The van der Waals surface area contributed by atoms with Crippen LogP contribution in [0.2, 0.25) is 0 Å². The van der Waals surface area contributed by atoms with Crippen LogP contribution >= 0.6 is 0 Å². The second-order valence-electron chi connectivity index (χ2n) is 4.55.